The number of hydrogen-bond acceptors (Lipinski definition) is 3. The summed E-state index contributed by atoms with van der Waals surface area (Å²) < 4.78 is 0. The van der Waals surface area contributed by atoms with E-state index in [1.165, 1.54) is 0 Å². The van der Waals surface area contributed by atoms with Gasteiger partial charge in [-0.05, 0) is 17.2 Å². The zero-order valence-corrected chi connectivity index (χ0v) is 13.2. The zero-order chi connectivity index (χ0) is 16.2. The molecule has 0 spiro atoms. The Balaban J connectivity index is 1.77. The molecule has 0 amide bonds. The van der Waals surface area contributed by atoms with Gasteiger partial charge in [0.1, 0.15) is 0 Å². The first-order chi connectivity index (χ1) is 11.9. The Bertz CT molecular complexity index is 963. The summed E-state index contributed by atoms with van der Waals surface area (Å²) in [7, 11) is 0. The minimum Gasteiger partial charge on any atom is -0.253 e. The van der Waals surface area contributed by atoms with E-state index in [0.29, 0.717) is 0 Å². The van der Waals surface area contributed by atoms with E-state index in [-0.39, 0.29) is 6.17 Å². The molecule has 3 nitrogen and oxygen atoms in total. The molecule has 0 aromatic heterocycles. The molecule has 4 rings (SSSR count). The number of hydrazone groups is 1. The van der Waals surface area contributed by atoms with Crippen molar-refractivity contribution in [3.63, 3.8) is 0 Å². The van der Waals surface area contributed by atoms with E-state index >= 15 is 0 Å². The second kappa shape index (κ2) is 6.50. The van der Waals surface area contributed by atoms with E-state index in [1.54, 1.807) is 0 Å². The van der Waals surface area contributed by atoms with Crippen LogP contribution in [0.1, 0.15) is 17.3 Å². The van der Waals surface area contributed by atoms with Crippen LogP contribution in [0.4, 0.5) is 0 Å². The SMILES string of the molecule is C(=NN1C=c2ccccc2=NC1c1ccccc1)c1ccccc1. The molecular formula is C21H17N3. The normalized spacial score (nSPS) is 16.3. The molecule has 0 saturated heterocycles. The third-order valence-electron chi connectivity index (χ3n) is 3.96. The number of nitrogens with zero attached hydrogens (tertiary/aromatic N) is 3. The van der Waals surface area contributed by atoms with Crippen LogP contribution in [0.5, 0.6) is 0 Å². The Labute approximate surface area is 140 Å². The highest BCUT2D eigenvalue weighted by Gasteiger charge is 2.18. The molecule has 1 unspecified atom stereocenters. The lowest BCUT2D eigenvalue weighted by Gasteiger charge is -2.25. The van der Waals surface area contributed by atoms with Gasteiger partial charge in [-0.1, -0.05) is 78.9 Å². The fourth-order valence-electron chi connectivity index (χ4n) is 2.74. The summed E-state index contributed by atoms with van der Waals surface area (Å²) in [6.07, 6.45) is 3.77. The molecule has 0 bridgehead atoms. The summed E-state index contributed by atoms with van der Waals surface area (Å²) in [5.41, 5.74) is 2.19. The maximum atomic E-state index is 4.89. The minimum atomic E-state index is -0.152. The lowest BCUT2D eigenvalue weighted by Crippen LogP contribution is -2.35. The van der Waals surface area contributed by atoms with Crippen LogP contribution in [0, 0.1) is 0 Å². The Morgan fingerprint density at radius 2 is 1.46 bits per heavy atom. The van der Waals surface area contributed by atoms with Crippen LogP contribution in [0.3, 0.4) is 0 Å². The van der Waals surface area contributed by atoms with Crippen molar-refractivity contribution < 1.29 is 0 Å². The van der Waals surface area contributed by atoms with Crippen LogP contribution in [0.15, 0.2) is 95.0 Å². The fraction of sp³-hybridized carbons (Fsp3) is 0.0476. The van der Waals surface area contributed by atoms with Crippen molar-refractivity contribution in [2.45, 2.75) is 6.17 Å². The van der Waals surface area contributed by atoms with Gasteiger partial charge in [-0.25, -0.2) is 5.01 Å². The van der Waals surface area contributed by atoms with Crippen LogP contribution in [-0.2, 0) is 0 Å². The van der Waals surface area contributed by atoms with Gasteiger partial charge in [-0.3, -0.25) is 4.99 Å². The third kappa shape index (κ3) is 2.97. The van der Waals surface area contributed by atoms with E-state index in [4.69, 9.17) is 4.99 Å². The molecule has 116 valence electrons. The van der Waals surface area contributed by atoms with Gasteiger partial charge in [-0.2, -0.15) is 5.10 Å². The van der Waals surface area contributed by atoms with Crippen molar-refractivity contribution in [1.29, 1.82) is 0 Å². The number of fused-ring (bicyclic) bond motifs is 1. The van der Waals surface area contributed by atoms with Crippen molar-refractivity contribution in [3.05, 3.63) is 107 Å². The van der Waals surface area contributed by atoms with Gasteiger partial charge in [0.2, 0.25) is 0 Å². The molecule has 1 aliphatic heterocycles. The topological polar surface area (TPSA) is 28.0 Å². The average Bonchev–Trinajstić information content (AvgIpc) is 2.67. The predicted octanol–water partition coefficient (Wildman–Crippen LogP) is 3.09. The van der Waals surface area contributed by atoms with Gasteiger partial charge >= 0.3 is 0 Å². The molecule has 0 N–H and O–H groups in total. The Morgan fingerprint density at radius 1 is 0.792 bits per heavy atom. The molecule has 1 aliphatic rings. The molecule has 3 aromatic rings. The van der Waals surface area contributed by atoms with Crippen molar-refractivity contribution in [3.8, 4) is 0 Å². The summed E-state index contributed by atoms with van der Waals surface area (Å²) in [6, 6.07) is 28.5. The second-order valence-electron chi connectivity index (χ2n) is 5.64. The number of benzene rings is 3. The molecule has 3 heteroatoms. The summed E-state index contributed by atoms with van der Waals surface area (Å²) >= 11 is 0. The van der Waals surface area contributed by atoms with Crippen LogP contribution < -0.4 is 10.6 Å². The monoisotopic (exact) mass is 311 g/mol. The highest BCUT2D eigenvalue weighted by Crippen LogP contribution is 2.23. The molecule has 1 atom stereocenters. The average molecular weight is 311 g/mol. The molecule has 0 radical (unpaired) electrons. The van der Waals surface area contributed by atoms with E-state index in [1.807, 2.05) is 78.0 Å². The predicted molar refractivity (Wildman–Crippen MR) is 96.7 cm³/mol. The number of rotatable bonds is 3. The lowest BCUT2D eigenvalue weighted by atomic mass is 10.1. The van der Waals surface area contributed by atoms with E-state index in [9.17, 15) is 0 Å². The summed E-state index contributed by atoms with van der Waals surface area (Å²) in [4.78, 5) is 4.89. The summed E-state index contributed by atoms with van der Waals surface area (Å²) in [5.74, 6) is 0. The van der Waals surface area contributed by atoms with Gasteiger partial charge in [0.15, 0.2) is 6.17 Å². The second-order valence-corrected chi connectivity index (χ2v) is 5.64. The van der Waals surface area contributed by atoms with E-state index in [0.717, 1.165) is 21.7 Å². The maximum Gasteiger partial charge on any atom is 0.167 e. The highest BCUT2D eigenvalue weighted by molar-refractivity contribution is 5.79. The first kappa shape index (κ1) is 14.4. The Kier molecular flexibility index (Phi) is 3.90. The smallest absolute Gasteiger partial charge is 0.167 e. The summed E-state index contributed by atoms with van der Waals surface area (Å²) in [6.45, 7) is 0. The summed E-state index contributed by atoms with van der Waals surface area (Å²) in [5, 5.41) is 8.67. The van der Waals surface area contributed by atoms with E-state index < -0.39 is 0 Å². The zero-order valence-electron chi connectivity index (χ0n) is 13.2. The molecule has 0 saturated carbocycles. The first-order valence-electron chi connectivity index (χ1n) is 7.97. The molecule has 24 heavy (non-hydrogen) atoms. The van der Waals surface area contributed by atoms with Crippen LogP contribution in [0.25, 0.3) is 6.20 Å². The van der Waals surface area contributed by atoms with Gasteiger partial charge in [0, 0.05) is 11.4 Å². The van der Waals surface area contributed by atoms with Crippen molar-refractivity contribution in [2.75, 3.05) is 0 Å². The number of para-hydroxylation sites is 1. The van der Waals surface area contributed by atoms with Crippen molar-refractivity contribution in [1.82, 2.24) is 5.01 Å². The van der Waals surface area contributed by atoms with Crippen LogP contribution in [-0.4, -0.2) is 11.2 Å². The maximum absolute atomic E-state index is 4.89. The van der Waals surface area contributed by atoms with Gasteiger partial charge < -0.3 is 0 Å². The van der Waals surface area contributed by atoms with Gasteiger partial charge in [0.25, 0.3) is 0 Å². The van der Waals surface area contributed by atoms with Crippen LogP contribution >= 0.6 is 0 Å². The molecular weight excluding hydrogens is 294 g/mol. The quantitative estimate of drug-likeness (QED) is 0.683. The van der Waals surface area contributed by atoms with Gasteiger partial charge in [-0.15, -0.1) is 0 Å². The van der Waals surface area contributed by atoms with Gasteiger partial charge in [0.05, 0.1) is 11.6 Å². The first-order valence-corrected chi connectivity index (χ1v) is 7.97. The van der Waals surface area contributed by atoms with E-state index in [2.05, 4.69) is 29.5 Å². The molecule has 0 fully saturated rings. The number of hydrogen-bond donors (Lipinski definition) is 0. The molecule has 0 aliphatic carbocycles. The Morgan fingerprint density at radius 3 is 2.25 bits per heavy atom. The highest BCUT2D eigenvalue weighted by atomic mass is 15.5. The lowest BCUT2D eigenvalue weighted by molar-refractivity contribution is 0.323. The fourth-order valence-corrected chi connectivity index (χ4v) is 2.74. The van der Waals surface area contributed by atoms with Crippen LogP contribution in [0.2, 0.25) is 0 Å². The Hall–Kier alpha value is -3.20. The molecule has 3 aromatic carbocycles. The largest absolute Gasteiger partial charge is 0.253 e. The van der Waals surface area contributed by atoms with Crippen molar-refractivity contribution >= 4 is 12.4 Å². The standard InChI is InChI=1S/C21H17N3/c1-3-9-17(10-4-1)15-22-24-16-19-13-7-8-14-20(19)23-21(24)18-11-5-2-6-12-18/h1-16,21H. The third-order valence-corrected chi connectivity index (χ3v) is 3.96. The van der Waals surface area contributed by atoms with Crippen molar-refractivity contribution in [2.24, 2.45) is 10.1 Å². The molecule has 1 heterocycles. The minimum absolute atomic E-state index is 0.152.